The summed E-state index contributed by atoms with van der Waals surface area (Å²) < 4.78 is 0. The third-order valence-corrected chi connectivity index (χ3v) is 5.01. The number of hydroxylamine groups is 2. The molecule has 5 heteroatoms. The summed E-state index contributed by atoms with van der Waals surface area (Å²) in [5.74, 6) is -1.69. The van der Waals surface area contributed by atoms with Crippen molar-refractivity contribution in [2.45, 2.75) is 32.1 Å². The standard InChI is InChI=1S/C16H15NO4/c18-13-10-5-1-2-6-11(10)14(19)17(13)21-15(20)12-9-16(12)7-3-4-8-16/h1-2,5-6,12H,3-4,7-9H2. The normalized spacial score (nSPS) is 25.3. The van der Waals surface area contributed by atoms with E-state index in [1.54, 1.807) is 24.3 Å². The van der Waals surface area contributed by atoms with E-state index < -0.39 is 17.8 Å². The number of imide groups is 1. The molecule has 2 saturated carbocycles. The molecule has 1 spiro atoms. The van der Waals surface area contributed by atoms with E-state index in [2.05, 4.69) is 0 Å². The SMILES string of the molecule is O=C(ON1C(=O)c2ccccc2C1=O)C1CC12CCCC2. The van der Waals surface area contributed by atoms with Gasteiger partial charge in [0.25, 0.3) is 11.8 Å². The van der Waals surface area contributed by atoms with Crippen molar-refractivity contribution < 1.29 is 19.2 Å². The molecule has 2 aliphatic carbocycles. The van der Waals surface area contributed by atoms with Crippen molar-refractivity contribution >= 4 is 17.8 Å². The number of benzene rings is 1. The van der Waals surface area contributed by atoms with Gasteiger partial charge in [-0.15, -0.1) is 0 Å². The van der Waals surface area contributed by atoms with E-state index in [0.29, 0.717) is 16.2 Å². The highest BCUT2D eigenvalue weighted by molar-refractivity contribution is 6.20. The molecule has 3 aliphatic rings. The first-order valence-electron chi connectivity index (χ1n) is 7.32. The lowest BCUT2D eigenvalue weighted by Crippen LogP contribution is -2.33. The summed E-state index contributed by atoms with van der Waals surface area (Å²) in [5.41, 5.74) is 0.679. The van der Waals surface area contributed by atoms with Crippen LogP contribution in [0.5, 0.6) is 0 Å². The summed E-state index contributed by atoms with van der Waals surface area (Å²) in [6.07, 6.45) is 5.23. The molecule has 0 N–H and O–H groups in total. The van der Waals surface area contributed by atoms with Crippen molar-refractivity contribution in [2.75, 3.05) is 0 Å². The Hall–Kier alpha value is -2.17. The second kappa shape index (κ2) is 4.16. The Balaban J connectivity index is 1.50. The number of amides is 2. The van der Waals surface area contributed by atoms with E-state index in [1.165, 1.54) is 0 Å². The monoisotopic (exact) mass is 285 g/mol. The number of carbonyl (C=O) groups excluding carboxylic acids is 3. The van der Waals surface area contributed by atoms with Crippen LogP contribution in [0.2, 0.25) is 0 Å². The Kier molecular flexibility index (Phi) is 2.49. The molecule has 1 unspecified atom stereocenters. The van der Waals surface area contributed by atoms with E-state index in [-0.39, 0.29) is 11.3 Å². The Morgan fingerprint density at radius 2 is 1.67 bits per heavy atom. The highest BCUT2D eigenvalue weighted by Crippen LogP contribution is 2.63. The number of nitrogens with zero attached hydrogens (tertiary/aromatic N) is 1. The van der Waals surface area contributed by atoms with Gasteiger partial charge in [-0.25, -0.2) is 4.79 Å². The molecular weight excluding hydrogens is 270 g/mol. The number of carbonyl (C=O) groups is 3. The summed E-state index contributed by atoms with van der Waals surface area (Å²) in [7, 11) is 0. The Morgan fingerprint density at radius 1 is 1.10 bits per heavy atom. The number of hydrogen-bond acceptors (Lipinski definition) is 4. The highest BCUT2D eigenvalue weighted by Gasteiger charge is 2.60. The van der Waals surface area contributed by atoms with Gasteiger partial charge in [0.2, 0.25) is 0 Å². The summed E-state index contributed by atoms with van der Waals surface area (Å²) >= 11 is 0. The van der Waals surface area contributed by atoms with Crippen molar-refractivity contribution in [3.05, 3.63) is 35.4 Å². The molecular formula is C16H15NO4. The minimum Gasteiger partial charge on any atom is -0.329 e. The quantitative estimate of drug-likeness (QED) is 0.782. The maximum absolute atomic E-state index is 12.2. The molecule has 1 aromatic rings. The molecule has 1 heterocycles. The van der Waals surface area contributed by atoms with Gasteiger partial charge < -0.3 is 4.84 Å². The predicted molar refractivity (Wildman–Crippen MR) is 72.0 cm³/mol. The fourth-order valence-corrected chi connectivity index (χ4v) is 3.72. The van der Waals surface area contributed by atoms with Crippen LogP contribution in [0.15, 0.2) is 24.3 Å². The van der Waals surface area contributed by atoms with Gasteiger partial charge in [-0.05, 0) is 36.8 Å². The van der Waals surface area contributed by atoms with Gasteiger partial charge in [-0.2, -0.15) is 0 Å². The minimum atomic E-state index is -0.551. The zero-order chi connectivity index (χ0) is 14.6. The predicted octanol–water partition coefficient (Wildman–Crippen LogP) is 2.32. The molecule has 0 saturated heterocycles. The molecule has 1 aromatic carbocycles. The molecule has 108 valence electrons. The fraction of sp³-hybridized carbons (Fsp3) is 0.438. The lowest BCUT2D eigenvalue weighted by molar-refractivity contribution is -0.171. The first-order chi connectivity index (χ1) is 10.1. The Labute approximate surface area is 121 Å². The van der Waals surface area contributed by atoms with E-state index in [1.807, 2.05) is 0 Å². The molecule has 2 amide bonds. The lowest BCUT2D eigenvalue weighted by atomic mass is 10.0. The first-order valence-corrected chi connectivity index (χ1v) is 7.32. The minimum absolute atomic E-state index is 0.0930. The molecule has 2 fully saturated rings. The van der Waals surface area contributed by atoms with E-state index in [4.69, 9.17) is 4.84 Å². The van der Waals surface area contributed by atoms with Crippen LogP contribution in [-0.4, -0.2) is 22.8 Å². The van der Waals surface area contributed by atoms with Gasteiger partial charge in [-0.3, -0.25) is 9.59 Å². The Bertz CT molecular complexity index is 625. The molecule has 4 rings (SSSR count). The molecule has 0 radical (unpaired) electrons. The average Bonchev–Trinajstić information content (AvgIpc) is 2.90. The van der Waals surface area contributed by atoms with Crippen molar-refractivity contribution in [1.82, 2.24) is 5.06 Å². The van der Waals surface area contributed by atoms with Gasteiger partial charge >= 0.3 is 5.97 Å². The summed E-state index contributed by atoms with van der Waals surface area (Å²) in [5, 5.41) is 0.619. The van der Waals surface area contributed by atoms with Gasteiger partial charge in [0.15, 0.2) is 0 Å². The largest absolute Gasteiger partial charge is 0.336 e. The zero-order valence-corrected chi connectivity index (χ0v) is 11.5. The first kappa shape index (κ1) is 12.6. The number of fused-ring (bicyclic) bond motifs is 1. The molecule has 0 aromatic heterocycles. The Morgan fingerprint density at radius 3 is 2.24 bits per heavy atom. The van der Waals surface area contributed by atoms with Crippen LogP contribution in [0.1, 0.15) is 52.8 Å². The third-order valence-electron chi connectivity index (χ3n) is 5.01. The van der Waals surface area contributed by atoms with Crippen LogP contribution < -0.4 is 0 Å². The van der Waals surface area contributed by atoms with Crippen molar-refractivity contribution in [2.24, 2.45) is 11.3 Å². The molecule has 21 heavy (non-hydrogen) atoms. The average molecular weight is 285 g/mol. The van der Waals surface area contributed by atoms with E-state index >= 15 is 0 Å². The molecule has 1 atom stereocenters. The smallest absolute Gasteiger partial charge is 0.329 e. The fourth-order valence-electron chi connectivity index (χ4n) is 3.72. The maximum Gasteiger partial charge on any atom is 0.336 e. The van der Waals surface area contributed by atoms with Gasteiger partial charge in [0.05, 0.1) is 17.0 Å². The second-order valence-electron chi connectivity index (χ2n) is 6.19. The number of rotatable bonds is 2. The van der Waals surface area contributed by atoms with Crippen LogP contribution in [0.4, 0.5) is 0 Å². The molecule has 5 nitrogen and oxygen atoms in total. The van der Waals surface area contributed by atoms with Crippen LogP contribution in [0, 0.1) is 11.3 Å². The highest BCUT2D eigenvalue weighted by atomic mass is 16.7. The van der Waals surface area contributed by atoms with Crippen molar-refractivity contribution in [1.29, 1.82) is 0 Å². The van der Waals surface area contributed by atoms with Crippen molar-refractivity contribution in [3.63, 3.8) is 0 Å². The number of hydrogen-bond donors (Lipinski definition) is 0. The molecule has 1 aliphatic heterocycles. The van der Waals surface area contributed by atoms with Crippen LogP contribution >= 0.6 is 0 Å². The van der Waals surface area contributed by atoms with E-state index in [9.17, 15) is 14.4 Å². The lowest BCUT2D eigenvalue weighted by Gasteiger charge is -2.14. The van der Waals surface area contributed by atoms with Crippen LogP contribution in [0.3, 0.4) is 0 Å². The summed E-state index contributed by atoms with van der Waals surface area (Å²) in [4.78, 5) is 41.6. The third kappa shape index (κ3) is 1.73. The van der Waals surface area contributed by atoms with Gasteiger partial charge in [0, 0.05) is 0 Å². The van der Waals surface area contributed by atoms with Crippen molar-refractivity contribution in [3.8, 4) is 0 Å². The second-order valence-corrected chi connectivity index (χ2v) is 6.19. The summed E-state index contributed by atoms with van der Waals surface area (Å²) in [6.45, 7) is 0. The van der Waals surface area contributed by atoms with Gasteiger partial charge in [0.1, 0.15) is 0 Å². The zero-order valence-electron chi connectivity index (χ0n) is 11.5. The maximum atomic E-state index is 12.2. The van der Waals surface area contributed by atoms with Crippen LogP contribution in [-0.2, 0) is 9.63 Å². The topological polar surface area (TPSA) is 63.7 Å². The molecule has 0 bridgehead atoms. The van der Waals surface area contributed by atoms with Crippen LogP contribution in [0.25, 0.3) is 0 Å². The van der Waals surface area contributed by atoms with Gasteiger partial charge in [-0.1, -0.05) is 30.0 Å². The summed E-state index contributed by atoms with van der Waals surface area (Å²) in [6, 6.07) is 6.51. The van der Waals surface area contributed by atoms with E-state index in [0.717, 1.165) is 32.1 Å².